The van der Waals surface area contributed by atoms with Crippen molar-refractivity contribution in [3.05, 3.63) is 16.4 Å². The molecule has 1 aromatic rings. The van der Waals surface area contributed by atoms with Crippen LogP contribution in [0.15, 0.2) is 10.7 Å². The van der Waals surface area contributed by atoms with E-state index in [1.165, 1.54) is 0 Å². The predicted molar refractivity (Wildman–Crippen MR) is 66.2 cm³/mol. The molecule has 1 aromatic heterocycles. The van der Waals surface area contributed by atoms with Gasteiger partial charge in [0.25, 0.3) is 0 Å². The summed E-state index contributed by atoms with van der Waals surface area (Å²) in [6, 6.07) is 0. The summed E-state index contributed by atoms with van der Waals surface area (Å²) in [5.41, 5.74) is 0.164. The Hall–Kier alpha value is -0.390. The summed E-state index contributed by atoms with van der Waals surface area (Å²) >= 11 is 3.47. The van der Waals surface area contributed by atoms with Crippen LogP contribution in [0.2, 0.25) is 0 Å². The third kappa shape index (κ3) is 2.17. The van der Waals surface area contributed by atoms with Crippen molar-refractivity contribution in [1.29, 1.82) is 0 Å². The molecule has 0 saturated carbocycles. The van der Waals surface area contributed by atoms with Gasteiger partial charge in [-0.1, -0.05) is 0 Å². The van der Waals surface area contributed by atoms with Crippen molar-refractivity contribution in [3.8, 4) is 0 Å². The molecule has 1 saturated heterocycles. The lowest BCUT2D eigenvalue weighted by Gasteiger charge is -2.27. The van der Waals surface area contributed by atoms with Crippen molar-refractivity contribution in [3.63, 3.8) is 0 Å². The highest BCUT2D eigenvalue weighted by molar-refractivity contribution is 9.10. The minimum Gasteiger partial charge on any atom is -0.383 e. The number of aromatic nitrogens is 2. The van der Waals surface area contributed by atoms with Crippen molar-refractivity contribution in [2.75, 3.05) is 20.1 Å². The van der Waals surface area contributed by atoms with Crippen molar-refractivity contribution in [2.45, 2.75) is 24.9 Å². The molecule has 0 spiro atoms. The quantitative estimate of drug-likeness (QED) is 0.851. The van der Waals surface area contributed by atoms with Crippen LogP contribution in [-0.2, 0) is 12.6 Å². The number of hydrogen-bond acceptors (Lipinski definition) is 3. The number of aliphatic hydroxyl groups is 1. The largest absolute Gasteiger partial charge is 0.383 e. The van der Waals surface area contributed by atoms with E-state index < -0.39 is 5.60 Å². The topological polar surface area (TPSA) is 41.3 Å². The van der Waals surface area contributed by atoms with Crippen LogP contribution in [0.5, 0.6) is 0 Å². The van der Waals surface area contributed by atoms with E-state index in [2.05, 4.69) is 33.0 Å². The summed E-state index contributed by atoms with van der Waals surface area (Å²) in [5.74, 6) is 0. The summed E-state index contributed by atoms with van der Waals surface area (Å²) in [5, 5.41) is 15.0. The number of nitrogens with zero attached hydrogens (tertiary/aromatic N) is 3. The van der Waals surface area contributed by atoms with Crippen LogP contribution in [0.1, 0.15) is 25.0 Å². The fourth-order valence-corrected chi connectivity index (χ4v) is 3.14. The van der Waals surface area contributed by atoms with Crippen molar-refractivity contribution in [2.24, 2.45) is 7.05 Å². The first-order valence-electron chi connectivity index (χ1n) is 5.62. The molecule has 4 nitrogen and oxygen atoms in total. The molecule has 0 aromatic carbocycles. The standard InChI is InChI=1S/C11H18BrN3O/c1-14-6-3-4-11(16,5-7-14)10-9(12)8-13-15(10)2/h8,16H,3-7H2,1-2H3. The highest BCUT2D eigenvalue weighted by Gasteiger charge is 2.35. The number of halogens is 1. The number of rotatable bonds is 1. The molecule has 2 heterocycles. The Morgan fingerprint density at radius 3 is 2.75 bits per heavy atom. The minimum absolute atomic E-state index is 0.741. The summed E-state index contributed by atoms with van der Waals surface area (Å²) in [7, 11) is 3.98. The number of likely N-dealkylation sites (tertiary alicyclic amines) is 1. The fourth-order valence-electron chi connectivity index (χ4n) is 2.43. The second-order valence-electron chi connectivity index (χ2n) is 4.65. The third-order valence-corrected chi connectivity index (χ3v) is 3.95. The van der Waals surface area contributed by atoms with Crippen LogP contribution in [0, 0.1) is 0 Å². The van der Waals surface area contributed by atoms with Gasteiger partial charge in [-0.15, -0.1) is 0 Å². The zero-order valence-electron chi connectivity index (χ0n) is 9.78. The third-order valence-electron chi connectivity index (χ3n) is 3.37. The van der Waals surface area contributed by atoms with Crippen LogP contribution < -0.4 is 0 Å². The van der Waals surface area contributed by atoms with Crippen LogP contribution in [0.3, 0.4) is 0 Å². The van der Waals surface area contributed by atoms with Crippen molar-refractivity contribution in [1.82, 2.24) is 14.7 Å². The molecule has 1 N–H and O–H groups in total. The van der Waals surface area contributed by atoms with E-state index in [0.29, 0.717) is 0 Å². The normalized spacial score (nSPS) is 28.0. The molecule has 1 fully saturated rings. The summed E-state index contributed by atoms with van der Waals surface area (Å²) in [6.07, 6.45) is 4.34. The number of aryl methyl sites for hydroxylation is 1. The highest BCUT2D eigenvalue weighted by Crippen LogP contribution is 2.36. The van der Waals surface area contributed by atoms with Crippen molar-refractivity contribution >= 4 is 15.9 Å². The van der Waals surface area contributed by atoms with Gasteiger partial charge in [0, 0.05) is 13.6 Å². The first-order chi connectivity index (χ1) is 7.53. The van der Waals surface area contributed by atoms with Gasteiger partial charge >= 0.3 is 0 Å². The van der Waals surface area contributed by atoms with E-state index in [1.54, 1.807) is 10.9 Å². The number of hydrogen-bond donors (Lipinski definition) is 1. The van der Waals surface area contributed by atoms with E-state index in [9.17, 15) is 5.11 Å². The van der Waals surface area contributed by atoms with Gasteiger partial charge in [0.05, 0.1) is 16.4 Å². The molecule has 0 radical (unpaired) electrons. The second-order valence-corrected chi connectivity index (χ2v) is 5.51. The molecular formula is C11H18BrN3O. The summed E-state index contributed by atoms with van der Waals surface area (Å²) in [4.78, 5) is 2.27. The van der Waals surface area contributed by atoms with Gasteiger partial charge in [-0.25, -0.2) is 0 Å². The minimum atomic E-state index is -0.741. The summed E-state index contributed by atoms with van der Waals surface area (Å²) < 4.78 is 2.68. The van der Waals surface area contributed by atoms with Crippen LogP contribution >= 0.6 is 15.9 Å². The Labute approximate surface area is 104 Å². The van der Waals surface area contributed by atoms with E-state index in [1.807, 2.05) is 7.05 Å². The van der Waals surface area contributed by atoms with Gasteiger partial charge in [0.1, 0.15) is 5.60 Å². The molecule has 1 aliphatic heterocycles. The average Bonchev–Trinajstić information content (AvgIpc) is 2.46. The Morgan fingerprint density at radius 1 is 1.38 bits per heavy atom. The van der Waals surface area contributed by atoms with Gasteiger partial charge in [-0.05, 0) is 48.8 Å². The monoisotopic (exact) mass is 287 g/mol. The zero-order valence-corrected chi connectivity index (χ0v) is 11.4. The van der Waals surface area contributed by atoms with E-state index >= 15 is 0 Å². The Bertz CT molecular complexity index is 360. The molecule has 5 heteroatoms. The molecule has 1 atom stereocenters. The first-order valence-corrected chi connectivity index (χ1v) is 6.41. The molecule has 0 aliphatic carbocycles. The van der Waals surface area contributed by atoms with E-state index in [0.717, 1.165) is 42.5 Å². The maximum absolute atomic E-state index is 10.8. The zero-order chi connectivity index (χ0) is 11.8. The molecule has 1 unspecified atom stereocenters. The molecule has 0 bridgehead atoms. The molecule has 90 valence electrons. The maximum atomic E-state index is 10.8. The van der Waals surface area contributed by atoms with E-state index in [4.69, 9.17) is 0 Å². The van der Waals surface area contributed by atoms with Gasteiger partial charge < -0.3 is 10.0 Å². The molecular weight excluding hydrogens is 270 g/mol. The Kier molecular flexibility index (Phi) is 3.37. The SMILES string of the molecule is CN1CCCC(O)(c2c(Br)cnn2C)CC1. The fraction of sp³-hybridized carbons (Fsp3) is 0.727. The molecule has 1 aliphatic rings. The first kappa shape index (κ1) is 12.1. The van der Waals surface area contributed by atoms with Gasteiger partial charge in [-0.3, -0.25) is 4.68 Å². The van der Waals surface area contributed by atoms with Gasteiger partial charge in [0.15, 0.2) is 0 Å². The maximum Gasteiger partial charge on any atom is 0.109 e. The lowest BCUT2D eigenvalue weighted by atomic mass is 9.91. The second kappa shape index (κ2) is 4.47. The van der Waals surface area contributed by atoms with Crippen LogP contribution in [0.4, 0.5) is 0 Å². The summed E-state index contributed by atoms with van der Waals surface area (Å²) in [6.45, 7) is 1.98. The Morgan fingerprint density at radius 2 is 2.12 bits per heavy atom. The molecule has 0 amide bonds. The lowest BCUT2D eigenvalue weighted by molar-refractivity contribution is 0.0132. The Balaban J connectivity index is 2.30. The van der Waals surface area contributed by atoms with Crippen molar-refractivity contribution < 1.29 is 5.11 Å². The van der Waals surface area contributed by atoms with Crippen LogP contribution in [0.25, 0.3) is 0 Å². The predicted octanol–water partition coefficient (Wildman–Crippen LogP) is 1.49. The van der Waals surface area contributed by atoms with Gasteiger partial charge in [0.2, 0.25) is 0 Å². The molecule has 2 rings (SSSR count). The van der Waals surface area contributed by atoms with E-state index in [-0.39, 0.29) is 0 Å². The van der Waals surface area contributed by atoms with Crippen LogP contribution in [-0.4, -0.2) is 39.9 Å². The average molecular weight is 288 g/mol. The molecule has 16 heavy (non-hydrogen) atoms. The lowest BCUT2D eigenvalue weighted by Crippen LogP contribution is -2.30. The highest BCUT2D eigenvalue weighted by atomic mass is 79.9. The van der Waals surface area contributed by atoms with Gasteiger partial charge in [-0.2, -0.15) is 5.10 Å². The smallest absolute Gasteiger partial charge is 0.109 e.